The monoisotopic (exact) mass is 459 g/mol. The minimum atomic E-state index is 0.959. The zero-order chi connectivity index (χ0) is 23.6. The molecule has 5 aromatic carbocycles. The third-order valence-corrected chi connectivity index (χ3v) is 7.34. The summed E-state index contributed by atoms with van der Waals surface area (Å²) in [6.45, 7) is 0. The van der Waals surface area contributed by atoms with Crippen LogP contribution in [0.4, 0.5) is 0 Å². The second kappa shape index (κ2) is 7.30. The molecule has 0 saturated heterocycles. The molecular weight excluding hydrogens is 438 g/mol. The number of hydrogen-bond donors (Lipinski definition) is 0. The molecule has 3 heterocycles. The summed E-state index contributed by atoms with van der Waals surface area (Å²) in [4.78, 5) is 4.91. The summed E-state index contributed by atoms with van der Waals surface area (Å²) in [5.41, 5.74) is 5.89. The summed E-state index contributed by atoms with van der Waals surface area (Å²) < 4.78 is 4.71. The van der Waals surface area contributed by atoms with Crippen molar-refractivity contribution in [2.24, 2.45) is 0 Å². The Balaban J connectivity index is 1.59. The molecule has 0 aliphatic heterocycles. The van der Waals surface area contributed by atoms with Crippen molar-refractivity contribution in [1.82, 2.24) is 14.1 Å². The number of para-hydroxylation sites is 3. The van der Waals surface area contributed by atoms with E-state index >= 15 is 0 Å². The fraction of sp³-hybridized carbons (Fsp3) is 0. The van der Waals surface area contributed by atoms with Crippen molar-refractivity contribution in [2.75, 3.05) is 0 Å². The molecule has 0 saturated carbocycles. The lowest BCUT2D eigenvalue weighted by molar-refractivity contribution is 1.10. The number of aromatic nitrogens is 3. The lowest BCUT2D eigenvalue weighted by Crippen LogP contribution is -1.99. The fourth-order valence-electron chi connectivity index (χ4n) is 5.80. The van der Waals surface area contributed by atoms with Crippen LogP contribution in [0.15, 0.2) is 128 Å². The molecule has 8 aromatic rings. The van der Waals surface area contributed by atoms with Crippen LogP contribution >= 0.6 is 0 Å². The topological polar surface area (TPSA) is 22.8 Å². The van der Waals surface area contributed by atoms with Crippen molar-refractivity contribution in [3.63, 3.8) is 0 Å². The molecule has 0 aliphatic carbocycles. The summed E-state index contributed by atoms with van der Waals surface area (Å²) in [7, 11) is 0. The Labute approximate surface area is 207 Å². The Bertz CT molecular complexity index is 2090. The van der Waals surface area contributed by atoms with Crippen LogP contribution in [0.1, 0.15) is 0 Å². The molecule has 168 valence electrons. The normalized spacial score (nSPS) is 11.9. The molecule has 0 N–H and O–H groups in total. The third-order valence-electron chi connectivity index (χ3n) is 7.34. The van der Waals surface area contributed by atoms with Gasteiger partial charge in [0, 0.05) is 38.8 Å². The van der Waals surface area contributed by atoms with Gasteiger partial charge in [-0.3, -0.25) is 4.57 Å². The molecule has 0 atom stereocenters. The first-order valence-electron chi connectivity index (χ1n) is 12.2. The average Bonchev–Trinajstić information content (AvgIpc) is 3.44. The first-order valence-corrected chi connectivity index (χ1v) is 12.2. The molecule has 0 radical (unpaired) electrons. The predicted molar refractivity (Wildman–Crippen MR) is 150 cm³/mol. The maximum absolute atomic E-state index is 4.91. The molecule has 8 rings (SSSR count). The average molecular weight is 460 g/mol. The van der Waals surface area contributed by atoms with E-state index in [1.807, 2.05) is 6.20 Å². The quantitative estimate of drug-likeness (QED) is 0.254. The summed E-state index contributed by atoms with van der Waals surface area (Å²) in [6.07, 6.45) is 1.91. The number of fused-ring (bicyclic) bond motifs is 7. The third kappa shape index (κ3) is 2.60. The Morgan fingerprint density at radius 1 is 0.417 bits per heavy atom. The minimum Gasteiger partial charge on any atom is -0.309 e. The van der Waals surface area contributed by atoms with Gasteiger partial charge in [-0.15, -0.1) is 0 Å². The number of nitrogens with zero attached hydrogens (tertiary/aromatic N) is 3. The molecule has 0 fully saturated rings. The van der Waals surface area contributed by atoms with Gasteiger partial charge in [0.1, 0.15) is 5.82 Å². The van der Waals surface area contributed by atoms with Crippen LogP contribution in [0.25, 0.3) is 65.9 Å². The lowest BCUT2D eigenvalue weighted by atomic mass is 10.1. The number of rotatable bonds is 2. The van der Waals surface area contributed by atoms with Gasteiger partial charge in [0.2, 0.25) is 0 Å². The van der Waals surface area contributed by atoms with Crippen molar-refractivity contribution >= 4 is 54.4 Å². The summed E-state index contributed by atoms with van der Waals surface area (Å²) in [5, 5.41) is 7.33. The maximum atomic E-state index is 4.91. The van der Waals surface area contributed by atoms with Crippen LogP contribution in [-0.2, 0) is 0 Å². The summed E-state index contributed by atoms with van der Waals surface area (Å²) in [6, 6.07) is 43.3. The van der Waals surface area contributed by atoms with Crippen molar-refractivity contribution in [3.8, 4) is 11.5 Å². The van der Waals surface area contributed by atoms with E-state index < -0.39 is 0 Å². The van der Waals surface area contributed by atoms with Crippen molar-refractivity contribution in [1.29, 1.82) is 0 Å². The van der Waals surface area contributed by atoms with E-state index in [1.165, 1.54) is 43.5 Å². The van der Waals surface area contributed by atoms with E-state index in [1.54, 1.807) is 0 Å². The fourth-order valence-corrected chi connectivity index (χ4v) is 5.80. The molecule has 36 heavy (non-hydrogen) atoms. The zero-order valence-electron chi connectivity index (χ0n) is 19.5. The Kier molecular flexibility index (Phi) is 3.94. The number of hydrogen-bond acceptors (Lipinski definition) is 1. The van der Waals surface area contributed by atoms with Crippen molar-refractivity contribution in [3.05, 3.63) is 128 Å². The van der Waals surface area contributed by atoms with Gasteiger partial charge in [-0.25, -0.2) is 4.98 Å². The van der Waals surface area contributed by atoms with Crippen LogP contribution in [0.2, 0.25) is 0 Å². The van der Waals surface area contributed by atoms with Crippen LogP contribution in [0, 0.1) is 0 Å². The molecular formula is C33H21N3. The van der Waals surface area contributed by atoms with Crippen LogP contribution in [0.5, 0.6) is 0 Å². The van der Waals surface area contributed by atoms with E-state index in [0.29, 0.717) is 0 Å². The second-order valence-electron chi connectivity index (χ2n) is 9.28. The highest BCUT2D eigenvalue weighted by molar-refractivity contribution is 6.19. The van der Waals surface area contributed by atoms with Gasteiger partial charge in [-0.05, 0) is 47.9 Å². The Morgan fingerprint density at radius 2 is 1.00 bits per heavy atom. The van der Waals surface area contributed by atoms with Crippen molar-refractivity contribution < 1.29 is 0 Å². The van der Waals surface area contributed by atoms with Gasteiger partial charge < -0.3 is 4.57 Å². The largest absolute Gasteiger partial charge is 0.309 e. The number of benzene rings is 5. The van der Waals surface area contributed by atoms with Crippen LogP contribution in [0.3, 0.4) is 0 Å². The molecule has 0 amide bonds. The molecule has 3 nitrogen and oxygen atoms in total. The van der Waals surface area contributed by atoms with Gasteiger partial charge in [0.15, 0.2) is 0 Å². The van der Waals surface area contributed by atoms with Crippen LogP contribution in [-0.4, -0.2) is 14.1 Å². The summed E-state index contributed by atoms with van der Waals surface area (Å²) in [5.74, 6) is 0.959. The molecule has 0 unspecified atom stereocenters. The van der Waals surface area contributed by atoms with Gasteiger partial charge in [0.05, 0.1) is 22.1 Å². The molecule has 0 bridgehead atoms. The summed E-state index contributed by atoms with van der Waals surface area (Å²) >= 11 is 0. The highest BCUT2D eigenvalue weighted by Crippen LogP contribution is 2.39. The standard InChI is InChI=1S/C33H21N3/c1-2-11-23(12-3-1)35-29-16-8-6-14-25(29)27-20-28-26-15-7-9-17-30(26)36(32(28)21-31(27)35)33-24-13-5-4-10-22(24)18-19-34-33/h1-21H. The SMILES string of the molecule is c1ccc(-n2c3ccccc3c3cc4c5ccccc5n(-c5nccc6ccccc56)c4cc32)cc1. The van der Waals surface area contributed by atoms with Gasteiger partial charge >= 0.3 is 0 Å². The molecule has 3 heteroatoms. The second-order valence-corrected chi connectivity index (χ2v) is 9.28. The first kappa shape index (κ1) is 19.4. The smallest absolute Gasteiger partial charge is 0.145 e. The van der Waals surface area contributed by atoms with Crippen molar-refractivity contribution in [2.45, 2.75) is 0 Å². The van der Waals surface area contributed by atoms with E-state index in [0.717, 1.165) is 22.4 Å². The van der Waals surface area contributed by atoms with E-state index in [9.17, 15) is 0 Å². The van der Waals surface area contributed by atoms with E-state index in [-0.39, 0.29) is 0 Å². The highest BCUT2D eigenvalue weighted by Gasteiger charge is 2.19. The van der Waals surface area contributed by atoms with Gasteiger partial charge in [0.25, 0.3) is 0 Å². The van der Waals surface area contributed by atoms with E-state index in [4.69, 9.17) is 4.98 Å². The molecule has 0 aliphatic rings. The molecule has 3 aromatic heterocycles. The van der Waals surface area contributed by atoms with E-state index in [2.05, 4.69) is 130 Å². The predicted octanol–water partition coefficient (Wildman–Crippen LogP) is 8.43. The molecule has 0 spiro atoms. The maximum Gasteiger partial charge on any atom is 0.145 e. The van der Waals surface area contributed by atoms with Gasteiger partial charge in [-0.2, -0.15) is 0 Å². The number of pyridine rings is 1. The highest BCUT2D eigenvalue weighted by atomic mass is 15.1. The Hall–Kier alpha value is -4.89. The minimum absolute atomic E-state index is 0.959. The van der Waals surface area contributed by atoms with Crippen LogP contribution < -0.4 is 0 Å². The first-order chi connectivity index (χ1) is 17.9. The van der Waals surface area contributed by atoms with Gasteiger partial charge in [-0.1, -0.05) is 78.9 Å². The lowest BCUT2D eigenvalue weighted by Gasteiger charge is -2.11. The zero-order valence-corrected chi connectivity index (χ0v) is 19.5. The Morgan fingerprint density at radius 3 is 1.75 bits per heavy atom.